The number of anilines is 1. The first-order valence-electron chi connectivity index (χ1n) is 22.1. The van der Waals surface area contributed by atoms with Crippen molar-refractivity contribution in [2.24, 2.45) is 11.3 Å². The average molecular weight is 813 g/mol. The number of piperidine rings is 2. The second-order valence-corrected chi connectivity index (χ2v) is 18.0. The highest BCUT2D eigenvalue weighted by Crippen LogP contribution is 2.49. The van der Waals surface area contributed by atoms with Crippen LogP contribution in [0.25, 0.3) is 0 Å². The summed E-state index contributed by atoms with van der Waals surface area (Å²) in [6, 6.07) is 23.2. The maximum atomic E-state index is 12.5. The molecule has 2 spiro atoms. The number of benzene rings is 3. The number of rotatable bonds is 7. The molecule has 2 aliphatic carbocycles. The first kappa shape index (κ1) is 41.6. The van der Waals surface area contributed by atoms with Crippen LogP contribution >= 0.6 is 0 Å². The van der Waals surface area contributed by atoms with Crippen molar-refractivity contribution in [3.05, 3.63) is 113 Å². The largest absolute Gasteiger partial charge is 0.508 e. The van der Waals surface area contributed by atoms with Crippen LogP contribution in [-0.2, 0) is 34.4 Å². The molecule has 1 atom stereocenters. The van der Waals surface area contributed by atoms with Crippen molar-refractivity contribution >= 4 is 24.0 Å². The third-order valence-corrected chi connectivity index (χ3v) is 14.0. The van der Waals surface area contributed by atoms with Crippen LogP contribution in [0.3, 0.4) is 0 Å². The lowest BCUT2D eigenvalue weighted by Gasteiger charge is -2.54. The number of nitrogens with zero attached hydrogens (tertiary/aromatic N) is 5. The van der Waals surface area contributed by atoms with Crippen molar-refractivity contribution in [2.75, 3.05) is 51.3 Å². The molecule has 11 heteroatoms. The van der Waals surface area contributed by atoms with Gasteiger partial charge < -0.3 is 19.6 Å². The van der Waals surface area contributed by atoms with Crippen LogP contribution in [0.2, 0.25) is 0 Å². The predicted octanol–water partition coefficient (Wildman–Crippen LogP) is 6.91. The Morgan fingerprint density at radius 1 is 0.867 bits per heavy atom. The average Bonchev–Trinajstić information content (AvgIpc) is 3.63. The number of phenolic OH excluding ortho intramolecular Hbond substituents is 1. The number of hydrogen-bond donors (Lipinski definition) is 2. The Kier molecular flexibility index (Phi) is 12.9. The van der Waals surface area contributed by atoms with Gasteiger partial charge in [0.15, 0.2) is 6.29 Å². The highest BCUT2D eigenvalue weighted by molar-refractivity contribution is 6.00. The van der Waals surface area contributed by atoms with E-state index in [1.165, 1.54) is 68.2 Å². The van der Waals surface area contributed by atoms with Gasteiger partial charge >= 0.3 is 0 Å². The molecule has 4 fully saturated rings. The lowest BCUT2D eigenvalue weighted by molar-refractivity contribution is -0.137. The molecule has 2 amide bonds. The molecule has 316 valence electrons. The third kappa shape index (κ3) is 9.42. The summed E-state index contributed by atoms with van der Waals surface area (Å²) < 4.78 is 6.39. The quantitative estimate of drug-likeness (QED) is 0.150. The Balaban J connectivity index is 0.000000241. The van der Waals surface area contributed by atoms with Gasteiger partial charge in [0, 0.05) is 72.5 Å². The van der Waals surface area contributed by atoms with Gasteiger partial charge in [-0.2, -0.15) is 0 Å². The number of phenols is 1. The number of fused-ring (bicyclic) bond motifs is 3. The van der Waals surface area contributed by atoms with E-state index in [-0.39, 0.29) is 17.2 Å². The summed E-state index contributed by atoms with van der Waals surface area (Å²) in [6.45, 7) is 6.54. The number of carbonyl (C=O) groups is 3. The number of aromatic nitrogens is 2. The first-order chi connectivity index (χ1) is 29.2. The Bertz CT molecular complexity index is 2060. The topological polar surface area (TPSA) is 128 Å². The summed E-state index contributed by atoms with van der Waals surface area (Å²) in [5.74, 6) is 2.37. The van der Waals surface area contributed by atoms with E-state index in [9.17, 15) is 19.5 Å². The van der Waals surface area contributed by atoms with Gasteiger partial charge in [-0.05, 0) is 126 Å². The molecule has 0 radical (unpaired) electrons. The number of carbonyl (C=O) groups excluding carboxylic acids is 3. The Morgan fingerprint density at radius 3 is 2.22 bits per heavy atom. The molecule has 1 unspecified atom stereocenters. The van der Waals surface area contributed by atoms with Crippen LogP contribution in [0.15, 0.2) is 85.2 Å². The molecular formula is C49H60N6O5. The minimum absolute atomic E-state index is 0.0271. The van der Waals surface area contributed by atoms with E-state index in [4.69, 9.17) is 4.74 Å². The molecule has 4 aliphatic heterocycles. The molecule has 1 saturated carbocycles. The van der Waals surface area contributed by atoms with E-state index in [1.54, 1.807) is 6.07 Å². The minimum Gasteiger partial charge on any atom is -0.508 e. The standard InChI is InChI=1S/C33H42N6O4.C10H12O.C6H6/c1-37(27-5-6-28(41)36-30(27)42)18-25-24(19-40)3-4-26-29(25)43-22-33(26)11-15-38(16-12-33)17-23-7-9-32(10-8-23)20-39(21-32)31-34-13-2-14-35-31;11-10-6-5-8-3-1-2-4-9(8)7-10;1-2-4-6-5-3-1/h2-4,13-14,19,23,27H,5-12,15-18,20-22H2,1H3,(H,36,41,42);5-7,11H,1-4H2;1-6H. The van der Waals surface area contributed by atoms with E-state index in [0.29, 0.717) is 42.7 Å². The predicted molar refractivity (Wildman–Crippen MR) is 232 cm³/mol. The fourth-order valence-corrected chi connectivity index (χ4v) is 10.4. The molecule has 10 rings (SSSR count). The van der Waals surface area contributed by atoms with E-state index in [2.05, 4.69) is 31.2 Å². The molecule has 0 bridgehead atoms. The van der Waals surface area contributed by atoms with Crippen molar-refractivity contribution in [2.45, 2.75) is 95.1 Å². The van der Waals surface area contributed by atoms with Gasteiger partial charge in [0.1, 0.15) is 11.5 Å². The van der Waals surface area contributed by atoms with Gasteiger partial charge in [0.2, 0.25) is 17.8 Å². The maximum Gasteiger partial charge on any atom is 0.243 e. The van der Waals surface area contributed by atoms with E-state index >= 15 is 0 Å². The molecule has 5 heterocycles. The van der Waals surface area contributed by atoms with Gasteiger partial charge in [-0.25, -0.2) is 9.97 Å². The first-order valence-corrected chi connectivity index (χ1v) is 22.1. The van der Waals surface area contributed by atoms with E-state index in [1.807, 2.05) is 85.0 Å². The molecule has 3 aromatic carbocycles. The van der Waals surface area contributed by atoms with Crippen molar-refractivity contribution < 1.29 is 24.2 Å². The highest BCUT2D eigenvalue weighted by Gasteiger charge is 2.48. The molecule has 1 aromatic heterocycles. The molecular weight excluding hydrogens is 753 g/mol. The normalized spacial score (nSPS) is 21.6. The van der Waals surface area contributed by atoms with Crippen LogP contribution in [0.5, 0.6) is 11.5 Å². The highest BCUT2D eigenvalue weighted by atomic mass is 16.5. The van der Waals surface area contributed by atoms with Crippen molar-refractivity contribution in [3.8, 4) is 11.5 Å². The summed E-state index contributed by atoms with van der Waals surface area (Å²) in [4.78, 5) is 51.9. The number of aromatic hydroxyl groups is 1. The minimum atomic E-state index is -0.401. The number of aryl methyl sites for hydroxylation is 2. The molecule has 6 aliphatic rings. The smallest absolute Gasteiger partial charge is 0.243 e. The van der Waals surface area contributed by atoms with Crippen LogP contribution in [0.4, 0.5) is 5.95 Å². The van der Waals surface area contributed by atoms with Crippen molar-refractivity contribution in [1.29, 1.82) is 0 Å². The van der Waals surface area contributed by atoms with Crippen molar-refractivity contribution in [1.82, 2.24) is 25.1 Å². The molecule has 3 saturated heterocycles. The van der Waals surface area contributed by atoms with Gasteiger partial charge in [0.25, 0.3) is 0 Å². The zero-order valence-corrected chi connectivity index (χ0v) is 35.1. The maximum absolute atomic E-state index is 12.5. The zero-order chi connectivity index (χ0) is 41.5. The fourth-order valence-electron chi connectivity index (χ4n) is 10.4. The number of imide groups is 1. The number of ether oxygens (including phenoxy) is 1. The molecule has 2 N–H and O–H groups in total. The van der Waals surface area contributed by atoms with Gasteiger partial charge in [0.05, 0.1) is 12.6 Å². The zero-order valence-electron chi connectivity index (χ0n) is 35.1. The number of likely N-dealkylation sites (tertiary alicyclic amines) is 1. The number of hydrogen-bond acceptors (Lipinski definition) is 10. The summed E-state index contributed by atoms with van der Waals surface area (Å²) in [6.07, 6.45) is 17.6. The lowest BCUT2D eigenvalue weighted by Crippen LogP contribution is -2.58. The van der Waals surface area contributed by atoms with Gasteiger partial charge in [-0.1, -0.05) is 54.6 Å². The van der Waals surface area contributed by atoms with E-state index in [0.717, 1.165) is 74.9 Å². The van der Waals surface area contributed by atoms with Crippen LogP contribution in [0.1, 0.15) is 96.8 Å². The monoisotopic (exact) mass is 812 g/mol. The number of likely N-dealkylation sites (N-methyl/N-ethyl adjacent to an activating group) is 1. The van der Waals surface area contributed by atoms with Crippen LogP contribution in [-0.4, -0.2) is 95.4 Å². The summed E-state index contributed by atoms with van der Waals surface area (Å²) in [5.41, 5.74) is 5.86. The van der Waals surface area contributed by atoms with Crippen molar-refractivity contribution in [3.63, 3.8) is 0 Å². The molecule has 4 aromatic rings. The number of aldehydes is 1. The summed E-state index contributed by atoms with van der Waals surface area (Å²) in [7, 11) is 1.88. The fraction of sp³-hybridized carbons (Fsp3) is 0.490. The Labute approximate surface area is 354 Å². The number of nitrogens with one attached hydrogen (secondary N) is 1. The van der Waals surface area contributed by atoms with Crippen LogP contribution < -0.4 is 15.0 Å². The number of amides is 2. The third-order valence-electron chi connectivity index (χ3n) is 14.0. The molecule has 60 heavy (non-hydrogen) atoms. The second kappa shape index (κ2) is 18.6. The SMILES string of the molecule is CN(Cc1c(C=O)ccc2c1OCC21CCN(CC2CCC3(CC2)CN(c2ncccn2)C3)CC1)C1CCC(=O)NC1=O.Oc1ccc2c(c1)CCCC2.c1ccccc1. The van der Waals surface area contributed by atoms with Gasteiger partial charge in [-0.15, -0.1) is 0 Å². The van der Waals surface area contributed by atoms with Gasteiger partial charge in [-0.3, -0.25) is 24.6 Å². The Morgan fingerprint density at radius 2 is 1.55 bits per heavy atom. The van der Waals surface area contributed by atoms with Crippen LogP contribution in [0, 0.1) is 11.3 Å². The summed E-state index contributed by atoms with van der Waals surface area (Å²) >= 11 is 0. The second-order valence-electron chi connectivity index (χ2n) is 18.0. The molecule has 11 nitrogen and oxygen atoms in total. The Hall–Kier alpha value is -5.13. The summed E-state index contributed by atoms with van der Waals surface area (Å²) in [5, 5.41) is 11.6. The lowest BCUT2D eigenvalue weighted by atomic mass is 9.66. The van der Waals surface area contributed by atoms with E-state index < -0.39 is 6.04 Å².